The maximum atomic E-state index is 12.8. The van der Waals surface area contributed by atoms with Crippen LogP contribution >= 0.6 is 15.9 Å². The van der Waals surface area contributed by atoms with Crippen molar-refractivity contribution in [1.82, 2.24) is 0 Å². The van der Waals surface area contributed by atoms with Crippen molar-refractivity contribution in [2.75, 3.05) is 11.9 Å². The molecule has 1 nitrogen and oxygen atoms in total. The topological polar surface area (TPSA) is 12.0 Å². The van der Waals surface area contributed by atoms with Crippen molar-refractivity contribution in [2.45, 2.75) is 38.8 Å². The van der Waals surface area contributed by atoms with Crippen molar-refractivity contribution in [3.8, 4) is 0 Å². The van der Waals surface area contributed by atoms with Gasteiger partial charge in [0.15, 0.2) is 0 Å². The van der Waals surface area contributed by atoms with Crippen molar-refractivity contribution in [1.29, 1.82) is 0 Å². The van der Waals surface area contributed by atoms with Crippen molar-refractivity contribution in [2.24, 2.45) is 0 Å². The fourth-order valence-corrected chi connectivity index (χ4v) is 2.04. The van der Waals surface area contributed by atoms with Gasteiger partial charge in [0.2, 0.25) is 0 Å². The van der Waals surface area contributed by atoms with E-state index in [4.69, 9.17) is 0 Å². The predicted molar refractivity (Wildman–Crippen MR) is 71.8 cm³/mol. The number of unbranched alkanes of at least 4 members (excludes halogenated alkanes) is 3. The lowest BCUT2D eigenvalue weighted by Crippen LogP contribution is -2.11. The molecule has 0 atom stereocenters. The van der Waals surface area contributed by atoms with Crippen LogP contribution in [-0.2, 0) is 6.18 Å². The fourth-order valence-electron chi connectivity index (χ4n) is 1.68. The molecule has 0 saturated heterocycles. The monoisotopic (exact) mass is 323 g/mol. The fraction of sp³-hybridized carbons (Fsp3) is 0.538. The first kappa shape index (κ1) is 15.3. The van der Waals surface area contributed by atoms with E-state index >= 15 is 0 Å². The summed E-state index contributed by atoms with van der Waals surface area (Å²) in [4.78, 5) is 0. The number of benzene rings is 1. The Bertz CT molecular complexity index is 377. The Balaban J connectivity index is 2.65. The number of hydrogen-bond acceptors (Lipinski definition) is 1. The van der Waals surface area contributed by atoms with Gasteiger partial charge in [0.05, 0.1) is 5.56 Å². The highest BCUT2D eigenvalue weighted by atomic mass is 79.9. The molecule has 1 N–H and O–H groups in total. The van der Waals surface area contributed by atoms with Crippen molar-refractivity contribution < 1.29 is 13.2 Å². The number of hydrogen-bond donors (Lipinski definition) is 1. The third-order valence-electron chi connectivity index (χ3n) is 2.63. The first-order valence-corrected chi connectivity index (χ1v) is 6.85. The summed E-state index contributed by atoms with van der Waals surface area (Å²) in [5.41, 5.74) is -0.463. The number of nitrogens with one attached hydrogen (secondary N) is 1. The van der Waals surface area contributed by atoms with E-state index in [1.807, 2.05) is 0 Å². The maximum absolute atomic E-state index is 12.8. The smallest absolute Gasteiger partial charge is 0.385 e. The van der Waals surface area contributed by atoms with Crippen LogP contribution in [0, 0.1) is 0 Å². The molecule has 0 aromatic heterocycles. The van der Waals surface area contributed by atoms with Gasteiger partial charge in [-0.1, -0.05) is 42.1 Å². The van der Waals surface area contributed by atoms with Crippen LogP contribution in [0.25, 0.3) is 0 Å². The number of anilines is 1. The van der Waals surface area contributed by atoms with Gasteiger partial charge < -0.3 is 5.32 Å². The van der Waals surface area contributed by atoms with Gasteiger partial charge >= 0.3 is 6.18 Å². The van der Waals surface area contributed by atoms with Gasteiger partial charge in [-0.15, -0.1) is 0 Å². The van der Waals surface area contributed by atoms with Crippen LogP contribution in [0.3, 0.4) is 0 Å². The van der Waals surface area contributed by atoms with Crippen molar-refractivity contribution in [3.05, 3.63) is 28.2 Å². The Morgan fingerprint density at radius 1 is 1.17 bits per heavy atom. The highest BCUT2D eigenvalue weighted by Crippen LogP contribution is 2.36. The third-order valence-corrected chi connectivity index (χ3v) is 3.13. The van der Waals surface area contributed by atoms with E-state index in [-0.39, 0.29) is 5.69 Å². The molecule has 1 rings (SSSR count). The molecular weight excluding hydrogens is 307 g/mol. The van der Waals surface area contributed by atoms with E-state index in [0.29, 0.717) is 11.0 Å². The van der Waals surface area contributed by atoms with Gasteiger partial charge in [0.25, 0.3) is 0 Å². The SMILES string of the molecule is CCCCCCNc1ccc(Br)cc1C(F)(F)F. The normalized spacial score (nSPS) is 11.6. The molecule has 1 aromatic carbocycles. The number of halogens is 4. The summed E-state index contributed by atoms with van der Waals surface area (Å²) in [5.74, 6) is 0. The van der Waals surface area contributed by atoms with E-state index in [0.717, 1.165) is 31.7 Å². The molecule has 0 heterocycles. The van der Waals surface area contributed by atoms with Gasteiger partial charge in [-0.3, -0.25) is 0 Å². The van der Waals surface area contributed by atoms with E-state index < -0.39 is 11.7 Å². The Morgan fingerprint density at radius 2 is 1.89 bits per heavy atom. The Kier molecular flexibility index (Phi) is 5.99. The highest BCUT2D eigenvalue weighted by molar-refractivity contribution is 9.10. The van der Waals surface area contributed by atoms with E-state index in [1.165, 1.54) is 6.07 Å². The quantitative estimate of drug-likeness (QED) is 0.685. The van der Waals surface area contributed by atoms with Crippen LogP contribution in [0.15, 0.2) is 22.7 Å². The summed E-state index contributed by atoms with van der Waals surface area (Å²) < 4.78 is 38.8. The minimum absolute atomic E-state index is 0.155. The molecule has 0 aliphatic carbocycles. The van der Waals surface area contributed by atoms with Gasteiger partial charge in [0, 0.05) is 16.7 Å². The number of rotatable bonds is 6. The first-order chi connectivity index (χ1) is 8.45. The first-order valence-electron chi connectivity index (χ1n) is 6.05. The Morgan fingerprint density at radius 3 is 2.50 bits per heavy atom. The molecule has 0 radical (unpaired) electrons. The van der Waals surface area contributed by atoms with Crippen molar-refractivity contribution >= 4 is 21.6 Å². The van der Waals surface area contributed by atoms with Crippen molar-refractivity contribution in [3.63, 3.8) is 0 Å². The van der Waals surface area contributed by atoms with Gasteiger partial charge in [-0.25, -0.2) is 0 Å². The van der Waals surface area contributed by atoms with Gasteiger partial charge in [-0.05, 0) is 24.6 Å². The Labute approximate surface area is 114 Å². The molecule has 0 bridgehead atoms. The van der Waals surface area contributed by atoms with Crippen LogP contribution in [0.2, 0.25) is 0 Å². The lowest BCUT2D eigenvalue weighted by molar-refractivity contribution is -0.137. The Hall–Kier alpha value is -0.710. The van der Waals surface area contributed by atoms with Crippen LogP contribution in [-0.4, -0.2) is 6.54 Å². The minimum atomic E-state index is -4.32. The maximum Gasteiger partial charge on any atom is 0.418 e. The summed E-state index contributed by atoms with van der Waals surface area (Å²) in [5, 5.41) is 2.87. The summed E-state index contributed by atoms with van der Waals surface area (Å²) in [6.45, 7) is 2.68. The highest BCUT2D eigenvalue weighted by Gasteiger charge is 2.33. The molecule has 0 aliphatic heterocycles. The zero-order valence-electron chi connectivity index (χ0n) is 10.3. The van der Waals surface area contributed by atoms with E-state index in [9.17, 15) is 13.2 Å². The zero-order valence-corrected chi connectivity index (χ0v) is 11.9. The number of alkyl halides is 3. The average Bonchev–Trinajstić information content (AvgIpc) is 2.29. The largest absolute Gasteiger partial charge is 0.418 e. The molecule has 0 spiro atoms. The van der Waals surface area contributed by atoms with E-state index in [1.54, 1.807) is 6.07 Å². The van der Waals surface area contributed by atoms with Gasteiger partial charge in [-0.2, -0.15) is 13.2 Å². The second kappa shape index (κ2) is 7.02. The molecule has 5 heteroatoms. The summed E-state index contributed by atoms with van der Waals surface area (Å²) in [7, 11) is 0. The lowest BCUT2D eigenvalue weighted by atomic mass is 10.1. The molecule has 0 saturated carbocycles. The molecule has 18 heavy (non-hydrogen) atoms. The predicted octanol–water partition coefficient (Wildman–Crippen LogP) is 5.46. The second-order valence-corrected chi connectivity index (χ2v) is 5.09. The summed E-state index contributed by atoms with van der Waals surface area (Å²) in [6, 6.07) is 4.19. The second-order valence-electron chi connectivity index (χ2n) is 4.18. The van der Waals surface area contributed by atoms with Crippen LogP contribution in [0.4, 0.5) is 18.9 Å². The minimum Gasteiger partial charge on any atom is -0.385 e. The molecule has 0 aliphatic rings. The standard InChI is InChI=1S/C13H17BrF3N/c1-2-3-4-5-8-18-12-7-6-10(14)9-11(12)13(15,16)17/h6-7,9,18H,2-5,8H2,1H3. The molecular formula is C13H17BrF3N. The molecule has 102 valence electrons. The molecule has 0 fully saturated rings. The van der Waals surface area contributed by atoms with Crippen LogP contribution in [0.5, 0.6) is 0 Å². The summed E-state index contributed by atoms with van der Waals surface area (Å²) in [6.07, 6.45) is -0.154. The zero-order chi connectivity index (χ0) is 13.6. The molecule has 1 aromatic rings. The van der Waals surface area contributed by atoms with Crippen LogP contribution in [0.1, 0.15) is 38.2 Å². The third kappa shape index (κ3) is 4.88. The van der Waals surface area contributed by atoms with Crippen LogP contribution < -0.4 is 5.32 Å². The lowest BCUT2D eigenvalue weighted by Gasteiger charge is -2.14. The molecule has 0 amide bonds. The summed E-state index contributed by atoms with van der Waals surface area (Å²) >= 11 is 3.06. The average molecular weight is 324 g/mol. The van der Waals surface area contributed by atoms with Gasteiger partial charge in [0.1, 0.15) is 0 Å². The molecule has 0 unspecified atom stereocenters. The van der Waals surface area contributed by atoms with E-state index in [2.05, 4.69) is 28.2 Å².